The fourth-order valence-electron chi connectivity index (χ4n) is 1.96. The summed E-state index contributed by atoms with van der Waals surface area (Å²) in [6.07, 6.45) is 4.17. The van der Waals surface area contributed by atoms with Gasteiger partial charge in [0.2, 0.25) is 0 Å². The molecule has 1 aliphatic heterocycles. The molecule has 2 unspecified atom stereocenters. The van der Waals surface area contributed by atoms with Gasteiger partial charge < -0.3 is 4.74 Å². The summed E-state index contributed by atoms with van der Waals surface area (Å²) < 4.78 is 5.73. The van der Waals surface area contributed by atoms with Crippen molar-refractivity contribution in [3.05, 3.63) is 0 Å². The second-order valence-electron chi connectivity index (χ2n) is 4.04. The third-order valence-corrected chi connectivity index (χ3v) is 2.62. The smallest absolute Gasteiger partial charge is 0.0866 e. The summed E-state index contributed by atoms with van der Waals surface area (Å²) in [5.41, 5.74) is 0. The summed E-state index contributed by atoms with van der Waals surface area (Å²) in [7, 11) is 0. The van der Waals surface area contributed by atoms with Gasteiger partial charge in [-0.05, 0) is 32.7 Å². The van der Waals surface area contributed by atoms with Crippen molar-refractivity contribution < 1.29 is 4.74 Å². The van der Waals surface area contributed by atoms with Crippen LogP contribution in [0.2, 0.25) is 0 Å². The van der Waals surface area contributed by atoms with E-state index < -0.39 is 0 Å². The van der Waals surface area contributed by atoms with Crippen LogP contribution in [0.3, 0.4) is 0 Å². The average Bonchev–Trinajstić information content (AvgIpc) is 2.52. The number of ether oxygens (including phenoxy) is 1. The lowest BCUT2D eigenvalue weighted by Crippen LogP contribution is -2.33. The van der Waals surface area contributed by atoms with Crippen molar-refractivity contribution in [2.45, 2.75) is 45.3 Å². The van der Waals surface area contributed by atoms with Crippen LogP contribution in [0.1, 0.15) is 33.1 Å². The van der Waals surface area contributed by atoms with Gasteiger partial charge in [-0.25, -0.2) is 0 Å². The van der Waals surface area contributed by atoms with Crippen LogP contribution in [-0.4, -0.2) is 36.7 Å². The summed E-state index contributed by atoms with van der Waals surface area (Å²) in [5.74, 6) is 0. The van der Waals surface area contributed by atoms with E-state index in [0.29, 0.717) is 18.8 Å². The Labute approximate surface area is 86.6 Å². The van der Waals surface area contributed by atoms with Crippen LogP contribution in [-0.2, 0) is 4.74 Å². The number of nitrogens with zero attached hydrogens (tertiary/aromatic N) is 2. The Hall–Kier alpha value is -0.590. The molecule has 0 spiro atoms. The molecule has 0 amide bonds. The molecule has 0 N–H and O–H groups in total. The SMILES string of the molecule is CCCN(CC#N)CC1CCC(C)O1. The fraction of sp³-hybridized carbons (Fsp3) is 0.909. The van der Waals surface area contributed by atoms with E-state index in [-0.39, 0.29) is 0 Å². The van der Waals surface area contributed by atoms with E-state index in [4.69, 9.17) is 10.00 Å². The lowest BCUT2D eigenvalue weighted by atomic mass is 10.2. The van der Waals surface area contributed by atoms with Gasteiger partial charge in [-0.3, -0.25) is 4.90 Å². The molecule has 1 fully saturated rings. The highest BCUT2D eigenvalue weighted by atomic mass is 16.5. The fourth-order valence-corrected chi connectivity index (χ4v) is 1.96. The van der Waals surface area contributed by atoms with Gasteiger partial charge in [0.15, 0.2) is 0 Å². The Morgan fingerprint density at radius 2 is 2.29 bits per heavy atom. The Bertz CT molecular complexity index is 200. The highest BCUT2D eigenvalue weighted by Gasteiger charge is 2.23. The number of nitriles is 1. The molecule has 1 heterocycles. The van der Waals surface area contributed by atoms with Gasteiger partial charge >= 0.3 is 0 Å². The lowest BCUT2D eigenvalue weighted by molar-refractivity contribution is 0.0340. The zero-order valence-electron chi connectivity index (χ0n) is 9.20. The normalized spacial score (nSPS) is 26.7. The number of hydrogen-bond donors (Lipinski definition) is 0. The monoisotopic (exact) mass is 196 g/mol. The standard InChI is InChI=1S/C11H20N2O/c1-3-7-13(8-6-12)9-11-5-4-10(2)14-11/h10-11H,3-5,7-9H2,1-2H3. The molecule has 3 nitrogen and oxygen atoms in total. The predicted molar refractivity (Wildman–Crippen MR) is 55.9 cm³/mol. The molecule has 0 aliphatic carbocycles. The van der Waals surface area contributed by atoms with Crippen LogP contribution in [0.5, 0.6) is 0 Å². The second-order valence-corrected chi connectivity index (χ2v) is 4.04. The third-order valence-electron chi connectivity index (χ3n) is 2.62. The minimum Gasteiger partial charge on any atom is -0.374 e. The molecule has 0 aromatic carbocycles. The molecule has 80 valence electrons. The van der Waals surface area contributed by atoms with Gasteiger partial charge in [0, 0.05) is 6.54 Å². The molecule has 1 aliphatic rings. The lowest BCUT2D eigenvalue weighted by Gasteiger charge is -2.22. The van der Waals surface area contributed by atoms with Crippen molar-refractivity contribution in [2.24, 2.45) is 0 Å². The second kappa shape index (κ2) is 6.00. The van der Waals surface area contributed by atoms with Crippen molar-refractivity contribution in [3.8, 4) is 6.07 Å². The molecule has 14 heavy (non-hydrogen) atoms. The van der Waals surface area contributed by atoms with E-state index in [9.17, 15) is 0 Å². The third kappa shape index (κ3) is 3.65. The number of rotatable bonds is 5. The van der Waals surface area contributed by atoms with Crippen LogP contribution < -0.4 is 0 Å². The van der Waals surface area contributed by atoms with E-state index in [1.807, 2.05) is 0 Å². The van der Waals surface area contributed by atoms with Gasteiger partial charge in [-0.2, -0.15) is 5.26 Å². The minimum absolute atomic E-state index is 0.352. The molecular formula is C11H20N2O. The van der Waals surface area contributed by atoms with E-state index in [1.54, 1.807) is 0 Å². The van der Waals surface area contributed by atoms with Crippen molar-refractivity contribution in [1.82, 2.24) is 4.90 Å². The zero-order chi connectivity index (χ0) is 10.4. The van der Waals surface area contributed by atoms with E-state index in [2.05, 4.69) is 24.8 Å². The van der Waals surface area contributed by atoms with Gasteiger partial charge in [0.05, 0.1) is 24.8 Å². The van der Waals surface area contributed by atoms with E-state index in [1.165, 1.54) is 0 Å². The first-order chi connectivity index (χ1) is 6.76. The van der Waals surface area contributed by atoms with Crippen LogP contribution in [0, 0.1) is 11.3 Å². The van der Waals surface area contributed by atoms with Gasteiger partial charge in [-0.15, -0.1) is 0 Å². The van der Waals surface area contributed by atoms with Gasteiger partial charge in [-0.1, -0.05) is 6.92 Å². The first-order valence-corrected chi connectivity index (χ1v) is 5.51. The first-order valence-electron chi connectivity index (χ1n) is 5.51. The average molecular weight is 196 g/mol. The highest BCUT2D eigenvalue weighted by Crippen LogP contribution is 2.19. The maximum Gasteiger partial charge on any atom is 0.0866 e. The minimum atomic E-state index is 0.352. The van der Waals surface area contributed by atoms with Crippen LogP contribution in [0.25, 0.3) is 0 Å². The molecule has 1 saturated heterocycles. The Morgan fingerprint density at radius 3 is 2.79 bits per heavy atom. The summed E-state index contributed by atoms with van der Waals surface area (Å²) >= 11 is 0. The molecule has 0 bridgehead atoms. The first kappa shape index (κ1) is 11.5. The zero-order valence-corrected chi connectivity index (χ0v) is 9.20. The molecule has 0 saturated carbocycles. The maximum absolute atomic E-state index is 8.66. The Morgan fingerprint density at radius 1 is 1.50 bits per heavy atom. The van der Waals surface area contributed by atoms with Crippen molar-refractivity contribution in [3.63, 3.8) is 0 Å². The highest BCUT2D eigenvalue weighted by molar-refractivity contribution is 4.80. The molecule has 0 radical (unpaired) electrons. The summed E-state index contributed by atoms with van der Waals surface area (Å²) in [4.78, 5) is 2.18. The Kier molecular flexibility index (Phi) is 4.92. The largest absolute Gasteiger partial charge is 0.374 e. The van der Waals surface area contributed by atoms with E-state index >= 15 is 0 Å². The van der Waals surface area contributed by atoms with Crippen LogP contribution >= 0.6 is 0 Å². The quantitative estimate of drug-likeness (QED) is 0.629. The summed E-state index contributed by atoms with van der Waals surface area (Å²) in [6, 6.07) is 2.21. The van der Waals surface area contributed by atoms with Gasteiger partial charge in [0.25, 0.3) is 0 Å². The van der Waals surface area contributed by atoms with Gasteiger partial charge in [0.1, 0.15) is 0 Å². The van der Waals surface area contributed by atoms with E-state index in [0.717, 1.165) is 32.4 Å². The molecule has 0 aromatic heterocycles. The van der Waals surface area contributed by atoms with Crippen molar-refractivity contribution in [1.29, 1.82) is 5.26 Å². The summed E-state index contributed by atoms with van der Waals surface area (Å²) in [6.45, 7) is 6.71. The summed E-state index contributed by atoms with van der Waals surface area (Å²) in [5, 5.41) is 8.66. The predicted octanol–water partition coefficient (Wildman–Crippen LogP) is 1.79. The van der Waals surface area contributed by atoms with Crippen molar-refractivity contribution in [2.75, 3.05) is 19.6 Å². The van der Waals surface area contributed by atoms with Crippen molar-refractivity contribution >= 4 is 0 Å². The topological polar surface area (TPSA) is 36.3 Å². The molecule has 3 heteroatoms. The molecule has 0 aromatic rings. The maximum atomic E-state index is 8.66. The molecule has 2 atom stereocenters. The van der Waals surface area contributed by atoms with Crippen LogP contribution in [0.15, 0.2) is 0 Å². The Balaban J connectivity index is 2.28. The molecule has 1 rings (SSSR count). The number of hydrogen-bond acceptors (Lipinski definition) is 3. The van der Waals surface area contributed by atoms with Crippen LogP contribution in [0.4, 0.5) is 0 Å². The molecular weight excluding hydrogens is 176 g/mol.